The van der Waals surface area contributed by atoms with Crippen LogP contribution in [0.1, 0.15) is 49.4 Å². The van der Waals surface area contributed by atoms with Crippen LogP contribution in [-0.2, 0) is 4.79 Å². The number of likely N-dealkylation sites (tertiary alicyclic amines) is 1. The van der Waals surface area contributed by atoms with Crippen LogP contribution in [-0.4, -0.2) is 47.5 Å². The van der Waals surface area contributed by atoms with Crippen molar-refractivity contribution >= 4 is 11.8 Å². The Balaban J connectivity index is 1.82. The number of ether oxygens (including phenoxy) is 1. The highest BCUT2D eigenvalue weighted by atomic mass is 16.5. The Kier molecular flexibility index (Phi) is 6.59. The van der Waals surface area contributed by atoms with E-state index in [0.717, 1.165) is 31.6 Å². The number of carboxylic acids is 1. The van der Waals surface area contributed by atoms with Gasteiger partial charge in [0.2, 0.25) is 0 Å². The number of aliphatic carboxylic acids is 1. The summed E-state index contributed by atoms with van der Waals surface area (Å²) in [6.07, 6.45) is 4.01. The lowest BCUT2D eigenvalue weighted by molar-refractivity contribution is -0.142. The first kappa shape index (κ1) is 17.5. The molecule has 1 heterocycles. The highest BCUT2D eigenvalue weighted by Gasteiger charge is 2.30. The molecule has 1 aliphatic heterocycles. The zero-order valence-electron chi connectivity index (χ0n) is 13.7. The van der Waals surface area contributed by atoms with Gasteiger partial charge in [-0.15, -0.1) is 0 Å². The number of benzene rings is 1. The van der Waals surface area contributed by atoms with Gasteiger partial charge in [-0.1, -0.05) is 13.3 Å². The summed E-state index contributed by atoms with van der Waals surface area (Å²) in [7, 11) is 0. The largest absolute Gasteiger partial charge is 0.494 e. The van der Waals surface area contributed by atoms with Gasteiger partial charge in [0, 0.05) is 18.5 Å². The summed E-state index contributed by atoms with van der Waals surface area (Å²) in [6, 6.07) is 6.76. The molecule has 1 unspecified atom stereocenters. The standard InChI is InChI=1S/C18H25NO4/c1-2-3-13-23-15-8-6-14(7-9-15)17(20)10-12-19-11-4-5-16(19)18(21)22/h6-9,16H,2-5,10-13H2,1H3,(H,21,22). The Bertz CT molecular complexity index is 526. The number of carbonyl (C=O) groups is 2. The van der Waals surface area contributed by atoms with Gasteiger partial charge < -0.3 is 9.84 Å². The number of carbonyl (C=O) groups excluding carboxylic acids is 1. The van der Waals surface area contributed by atoms with Gasteiger partial charge in [-0.25, -0.2) is 0 Å². The number of Topliss-reactive ketones (excluding diaryl/α,β-unsaturated/α-hetero) is 1. The highest BCUT2D eigenvalue weighted by molar-refractivity contribution is 5.96. The van der Waals surface area contributed by atoms with Crippen molar-refractivity contribution in [3.05, 3.63) is 29.8 Å². The van der Waals surface area contributed by atoms with E-state index in [4.69, 9.17) is 9.84 Å². The molecule has 1 atom stereocenters. The molecule has 0 aliphatic carbocycles. The van der Waals surface area contributed by atoms with Crippen molar-refractivity contribution < 1.29 is 19.4 Å². The SMILES string of the molecule is CCCCOc1ccc(C(=O)CCN2CCCC2C(=O)O)cc1. The molecule has 0 saturated carbocycles. The maximum Gasteiger partial charge on any atom is 0.320 e. The van der Waals surface area contributed by atoms with Gasteiger partial charge in [0.05, 0.1) is 6.61 Å². The monoisotopic (exact) mass is 319 g/mol. The van der Waals surface area contributed by atoms with E-state index in [0.29, 0.717) is 31.6 Å². The van der Waals surface area contributed by atoms with Gasteiger partial charge in [0.15, 0.2) is 5.78 Å². The minimum atomic E-state index is -0.788. The van der Waals surface area contributed by atoms with Crippen molar-refractivity contribution in [1.82, 2.24) is 4.90 Å². The van der Waals surface area contributed by atoms with Gasteiger partial charge in [0.1, 0.15) is 11.8 Å². The predicted molar refractivity (Wildman–Crippen MR) is 88.0 cm³/mol. The molecule has 23 heavy (non-hydrogen) atoms. The average molecular weight is 319 g/mol. The molecule has 5 nitrogen and oxygen atoms in total. The molecule has 1 fully saturated rings. The maximum absolute atomic E-state index is 12.2. The first-order valence-corrected chi connectivity index (χ1v) is 8.34. The van der Waals surface area contributed by atoms with Crippen molar-refractivity contribution in [3.8, 4) is 5.75 Å². The summed E-state index contributed by atoms with van der Waals surface area (Å²) in [4.78, 5) is 25.3. The van der Waals surface area contributed by atoms with Crippen LogP contribution >= 0.6 is 0 Å². The molecule has 0 spiro atoms. The fourth-order valence-corrected chi connectivity index (χ4v) is 2.83. The molecule has 1 N–H and O–H groups in total. The Morgan fingerprint density at radius 2 is 2.04 bits per heavy atom. The van der Waals surface area contributed by atoms with Crippen LogP contribution in [0.3, 0.4) is 0 Å². The second-order valence-corrected chi connectivity index (χ2v) is 5.93. The fraction of sp³-hybridized carbons (Fsp3) is 0.556. The molecule has 2 rings (SSSR count). The molecule has 1 saturated heterocycles. The summed E-state index contributed by atoms with van der Waals surface area (Å²) < 4.78 is 5.58. The van der Waals surface area contributed by atoms with Gasteiger partial charge in [0.25, 0.3) is 0 Å². The van der Waals surface area contributed by atoms with Crippen LogP contribution in [0.5, 0.6) is 5.75 Å². The lowest BCUT2D eigenvalue weighted by atomic mass is 10.1. The third kappa shape index (κ3) is 5.06. The smallest absolute Gasteiger partial charge is 0.320 e. The Morgan fingerprint density at radius 3 is 2.70 bits per heavy atom. The molecule has 1 aromatic rings. The predicted octanol–water partition coefficient (Wildman–Crippen LogP) is 2.99. The zero-order valence-corrected chi connectivity index (χ0v) is 13.7. The maximum atomic E-state index is 12.2. The van der Waals surface area contributed by atoms with Crippen LogP contribution in [0.25, 0.3) is 0 Å². The van der Waals surface area contributed by atoms with Crippen LogP contribution in [0.4, 0.5) is 0 Å². The van der Waals surface area contributed by atoms with Crippen molar-refractivity contribution in [2.75, 3.05) is 19.7 Å². The third-order valence-corrected chi connectivity index (χ3v) is 4.22. The second kappa shape index (κ2) is 8.67. The lowest BCUT2D eigenvalue weighted by Gasteiger charge is -2.20. The Labute approximate surface area is 137 Å². The minimum Gasteiger partial charge on any atom is -0.494 e. The topological polar surface area (TPSA) is 66.8 Å². The molecule has 0 aromatic heterocycles. The van der Waals surface area contributed by atoms with Crippen LogP contribution in [0.15, 0.2) is 24.3 Å². The number of carboxylic acid groups (broad SMARTS) is 1. The average Bonchev–Trinajstić information content (AvgIpc) is 3.02. The number of hydrogen-bond acceptors (Lipinski definition) is 4. The summed E-state index contributed by atoms with van der Waals surface area (Å²) in [5.74, 6) is 0.0326. The van der Waals surface area contributed by atoms with Crippen molar-refractivity contribution in [3.63, 3.8) is 0 Å². The normalized spacial score (nSPS) is 18.0. The number of hydrogen-bond donors (Lipinski definition) is 1. The van der Waals surface area contributed by atoms with E-state index in [1.54, 1.807) is 12.1 Å². The van der Waals surface area contributed by atoms with E-state index in [1.165, 1.54) is 0 Å². The quantitative estimate of drug-likeness (QED) is 0.560. The van der Waals surface area contributed by atoms with Gasteiger partial charge in [-0.3, -0.25) is 14.5 Å². The van der Waals surface area contributed by atoms with Gasteiger partial charge >= 0.3 is 5.97 Å². The number of rotatable bonds is 9. The number of nitrogens with zero attached hydrogens (tertiary/aromatic N) is 1. The van der Waals surface area contributed by atoms with Crippen LogP contribution < -0.4 is 4.74 Å². The summed E-state index contributed by atoms with van der Waals surface area (Å²) >= 11 is 0. The molecular weight excluding hydrogens is 294 g/mol. The first-order valence-electron chi connectivity index (χ1n) is 8.34. The molecule has 0 radical (unpaired) electrons. The highest BCUT2D eigenvalue weighted by Crippen LogP contribution is 2.19. The van der Waals surface area contributed by atoms with Crippen molar-refractivity contribution in [2.45, 2.75) is 45.1 Å². The van der Waals surface area contributed by atoms with E-state index < -0.39 is 12.0 Å². The van der Waals surface area contributed by atoms with Gasteiger partial charge in [-0.05, 0) is 50.1 Å². The molecular formula is C18H25NO4. The third-order valence-electron chi connectivity index (χ3n) is 4.22. The minimum absolute atomic E-state index is 0.0427. The Hall–Kier alpha value is -1.88. The fourth-order valence-electron chi connectivity index (χ4n) is 2.83. The van der Waals surface area contributed by atoms with E-state index in [9.17, 15) is 9.59 Å². The molecule has 1 aromatic carbocycles. The van der Waals surface area contributed by atoms with E-state index in [2.05, 4.69) is 6.92 Å². The summed E-state index contributed by atoms with van der Waals surface area (Å²) in [5.41, 5.74) is 0.652. The number of ketones is 1. The van der Waals surface area contributed by atoms with Crippen molar-refractivity contribution in [2.24, 2.45) is 0 Å². The second-order valence-electron chi connectivity index (χ2n) is 5.93. The van der Waals surface area contributed by atoms with E-state index in [1.807, 2.05) is 17.0 Å². The lowest BCUT2D eigenvalue weighted by Crippen LogP contribution is -2.37. The molecule has 5 heteroatoms. The molecule has 1 aliphatic rings. The van der Waals surface area contributed by atoms with E-state index >= 15 is 0 Å². The van der Waals surface area contributed by atoms with Crippen LogP contribution in [0.2, 0.25) is 0 Å². The summed E-state index contributed by atoms with van der Waals surface area (Å²) in [6.45, 7) is 4.06. The number of unbranched alkanes of at least 4 members (excludes halogenated alkanes) is 1. The van der Waals surface area contributed by atoms with Crippen LogP contribution in [0, 0.1) is 0 Å². The van der Waals surface area contributed by atoms with E-state index in [-0.39, 0.29) is 5.78 Å². The molecule has 126 valence electrons. The Morgan fingerprint density at radius 1 is 1.30 bits per heavy atom. The first-order chi connectivity index (χ1) is 11.1. The molecule has 0 amide bonds. The zero-order chi connectivity index (χ0) is 16.7. The summed E-state index contributed by atoms with van der Waals surface area (Å²) in [5, 5.41) is 9.14. The van der Waals surface area contributed by atoms with Gasteiger partial charge in [-0.2, -0.15) is 0 Å². The molecule has 0 bridgehead atoms. The van der Waals surface area contributed by atoms with Crippen molar-refractivity contribution in [1.29, 1.82) is 0 Å².